The van der Waals surface area contributed by atoms with Crippen LogP contribution in [0.15, 0.2) is 48.5 Å². The molecule has 176 valence electrons. The summed E-state index contributed by atoms with van der Waals surface area (Å²) < 4.78 is 15.6. The van der Waals surface area contributed by atoms with Crippen molar-refractivity contribution >= 4 is 28.4 Å². The van der Waals surface area contributed by atoms with Gasteiger partial charge in [0.1, 0.15) is 11.5 Å². The lowest BCUT2D eigenvalue weighted by molar-refractivity contribution is 0.0996. The van der Waals surface area contributed by atoms with Crippen LogP contribution in [0.1, 0.15) is 57.2 Å². The summed E-state index contributed by atoms with van der Waals surface area (Å²) in [5, 5.41) is 17.1. The van der Waals surface area contributed by atoms with E-state index in [0.29, 0.717) is 41.7 Å². The van der Waals surface area contributed by atoms with E-state index in [1.54, 1.807) is 12.1 Å². The van der Waals surface area contributed by atoms with E-state index in [4.69, 9.17) is 16.1 Å². The molecule has 0 radical (unpaired) electrons. The van der Waals surface area contributed by atoms with E-state index >= 15 is 0 Å². The number of hydrogen-bond acceptors (Lipinski definition) is 5. The largest absolute Gasteiger partial charge is 0.364 e. The number of nitriles is 1. The Hall–Kier alpha value is -4.58. The molecule has 0 aliphatic carbocycles. The minimum Gasteiger partial charge on any atom is -0.364 e. The first-order chi connectivity index (χ1) is 16.8. The summed E-state index contributed by atoms with van der Waals surface area (Å²) in [7, 11) is 0. The van der Waals surface area contributed by atoms with Crippen molar-refractivity contribution in [1.82, 2.24) is 14.8 Å². The summed E-state index contributed by atoms with van der Waals surface area (Å²) in [6.45, 7) is 4.39. The second-order valence-corrected chi connectivity index (χ2v) is 7.98. The molecular weight excluding hydrogens is 447 g/mol. The normalized spacial score (nSPS) is 10.8. The molecule has 0 unspecified atom stereocenters. The number of primary amides is 1. The Morgan fingerprint density at radius 2 is 1.86 bits per heavy atom. The first-order valence-electron chi connectivity index (χ1n) is 11.1. The molecule has 3 N–H and O–H groups in total. The average molecular weight is 471 g/mol. The molecule has 4 rings (SSSR count). The number of carbonyl (C=O) groups is 2. The maximum atomic E-state index is 13.8. The molecule has 0 fully saturated rings. The van der Waals surface area contributed by atoms with Gasteiger partial charge >= 0.3 is 0 Å². The smallest absolute Gasteiger partial charge is 0.267 e. The van der Waals surface area contributed by atoms with Crippen molar-refractivity contribution < 1.29 is 14.0 Å². The minimum absolute atomic E-state index is 0.129. The fourth-order valence-electron chi connectivity index (χ4n) is 3.99. The molecule has 2 aromatic heterocycles. The number of nitrogens with two attached hydrogens (primary N) is 1. The number of nitrogens with zero attached hydrogens (tertiary/aromatic N) is 4. The van der Waals surface area contributed by atoms with Crippen LogP contribution in [-0.2, 0) is 19.4 Å². The molecule has 4 aromatic rings. The van der Waals surface area contributed by atoms with Gasteiger partial charge in [-0.1, -0.05) is 26.0 Å². The molecule has 35 heavy (non-hydrogen) atoms. The van der Waals surface area contributed by atoms with Gasteiger partial charge in [0, 0.05) is 11.5 Å². The van der Waals surface area contributed by atoms with Gasteiger partial charge in [0.15, 0.2) is 0 Å². The average Bonchev–Trinajstić information content (AvgIpc) is 3.18. The summed E-state index contributed by atoms with van der Waals surface area (Å²) in [5.74, 6) is -1.83. The zero-order valence-electron chi connectivity index (χ0n) is 19.3. The van der Waals surface area contributed by atoms with Gasteiger partial charge in [0.05, 0.1) is 46.3 Å². The molecule has 2 aromatic carbocycles. The number of fused-ring (bicyclic) bond motifs is 1. The third-order valence-corrected chi connectivity index (χ3v) is 5.72. The summed E-state index contributed by atoms with van der Waals surface area (Å²) in [6.07, 6.45) is 1.19. The van der Waals surface area contributed by atoms with E-state index < -0.39 is 17.6 Å². The Kier molecular flexibility index (Phi) is 6.55. The number of nitrogens with one attached hydrogen (secondary N) is 1. The highest BCUT2D eigenvalue weighted by Gasteiger charge is 2.21. The molecule has 0 aliphatic rings. The highest BCUT2D eigenvalue weighted by molar-refractivity contribution is 6.14. The molecule has 0 saturated heterocycles. The zero-order chi connectivity index (χ0) is 25.1. The van der Waals surface area contributed by atoms with Crippen LogP contribution in [0.3, 0.4) is 0 Å². The maximum Gasteiger partial charge on any atom is 0.267 e. The Balaban J connectivity index is 1.73. The van der Waals surface area contributed by atoms with Gasteiger partial charge in [-0.2, -0.15) is 10.4 Å². The second-order valence-electron chi connectivity index (χ2n) is 7.98. The van der Waals surface area contributed by atoms with E-state index in [0.717, 1.165) is 17.3 Å². The van der Waals surface area contributed by atoms with Crippen LogP contribution in [0.2, 0.25) is 0 Å². The Bertz CT molecular complexity index is 1480. The monoisotopic (exact) mass is 470 g/mol. The number of hydrogen-bond donors (Lipinski definition) is 2. The SMILES string of the molecule is CCc1nn(Cc2ccc(C#N)cc2)c(CC)c1NC(=O)c1cc(C(N)=O)nc2cc(F)ccc12. The van der Waals surface area contributed by atoms with Crippen molar-refractivity contribution in [2.75, 3.05) is 5.32 Å². The third kappa shape index (κ3) is 4.73. The maximum absolute atomic E-state index is 13.8. The van der Waals surface area contributed by atoms with Crippen LogP contribution in [-0.4, -0.2) is 26.6 Å². The number of rotatable bonds is 7. The standard InChI is InChI=1S/C26H23FN6O2/c1-3-20-24(23(4-2)33(32-20)14-16-7-5-15(13-28)6-8-16)31-26(35)19-12-22(25(29)34)30-21-11-17(27)9-10-18(19)21/h5-12H,3-4,14H2,1-2H3,(H2,29,34)(H,31,35). The Labute approximate surface area is 201 Å². The topological polar surface area (TPSA) is 127 Å². The van der Waals surface area contributed by atoms with Crippen molar-refractivity contribution in [3.8, 4) is 6.07 Å². The van der Waals surface area contributed by atoms with Crippen LogP contribution in [0.5, 0.6) is 0 Å². The number of amides is 2. The lowest BCUT2D eigenvalue weighted by atomic mass is 10.1. The number of pyridine rings is 1. The predicted molar refractivity (Wildman–Crippen MR) is 129 cm³/mol. The van der Waals surface area contributed by atoms with Crippen LogP contribution >= 0.6 is 0 Å². The molecule has 2 heterocycles. The summed E-state index contributed by atoms with van der Waals surface area (Å²) in [6, 6.07) is 14.5. The number of benzene rings is 2. The lowest BCUT2D eigenvalue weighted by Crippen LogP contribution is -2.18. The Morgan fingerprint density at radius 1 is 1.11 bits per heavy atom. The van der Waals surface area contributed by atoms with Crippen molar-refractivity contribution in [2.45, 2.75) is 33.2 Å². The lowest BCUT2D eigenvalue weighted by Gasteiger charge is -2.12. The molecule has 0 aliphatic heterocycles. The highest BCUT2D eigenvalue weighted by atomic mass is 19.1. The van der Waals surface area contributed by atoms with Crippen molar-refractivity contribution in [3.05, 3.63) is 88.1 Å². The molecule has 0 saturated carbocycles. The van der Waals surface area contributed by atoms with Crippen LogP contribution in [0.25, 0.3) is 10.9 Å². The van der Waals surface area contributed by atoms with E-state index in [9.17, 15) is 14.0 Å². The van der Waals surface area contributed by atoms with Gasteiger partial charge in [-0.3, -0.25) is 14.3 Å². The highest BCUT2D eigenvalue weighted by Crippen LogP contribution is 2.26. The third-order valence-electron chi connectivity index (χ3n) is 5.72. The van der Waals surface area contributed by atoms with Gasteiger partial charge in [-0.25, -0.2) is 9.37 Å². The van der Waals surface area contributed by atoms with Crippen molar-refractivity contribution in [2.24, 2.45) is 5.73 Å². The van der Waals surface area contributed by atoms with Crippen LogP contribution < -0.4 is 11.1 Å². The van der Waals surface area contributed by atoms with Gasteiger partial charge in [-0.05, 0) is 48.7 Å². The molecule has 8 nitrogen and oxygen atoms in total. The minimum atomic E-state index is -0.816. The number of halogens is 1. The van der Waals surface area contributed by atoms with E-state index in [2.05, 4.69) is 16.4 Å². The summed E-state index contributed by atoms with van der Waals surface area (Å²) in [5.41, 5.74) is 9.27. The first-order valence-corrected chi connectivity index (χ1v) is 11.1. The van der Waals surface area contributed by atoms with Crippen LogP contribution in [0.4, 0.5) is 10.1 Å². The molecule has 0 bridgehead atoms. The zero-order valence-corrected chi connectivity index (χ0v) is 19.3. The van der Waals surface area contributed by atoms with Crippen molar-refractivity contribution in [3.63, 3.8) is 0 Å². The fourth-order valence-corrected chi connectivity index (χ4v) is 3.99. The molecule has 2 amide bonds. The number of anilines is 1. The number of carbonyl (C=O) groups excluding carboxylic acids is 2. The molecular formula is C26H23FN6O2. The summed E-state index contributed by atoms with van der Waals surface area (Å²) in [4.78, 5) is 29.3. The molecule has 9 heteroatoms. The number of aryl methyl sites for hydroxylation is 1. The van der Waals surface area contributed by atoms with Crippen LogP contribution in [0, 0.1) is 17.1 Å². The van der Waals surface area contributed by atoms with E-state index in [1.807, 2.05) is 30.7 Å². The number of aromatic nitrogens is 3. The predicted octanol–water partition coefficient (Wildman–Crippen LogP) is 3.97. The van der Waals surface area contributed by atoms with E-state index in [1.165, 1.54) is 18.2 Å². The van der Waals surface area contributed by atoms with Gasteiger partial charge < -0.3 is 11.1 Å². The first kappa shape index (κ1) is 23.6. The summed E-state index contributed by atoms with van der Waals surface area (Å²) >= 11 is 0. The van der Waals surface area contributed by atoms with Crippen molar-refractivity contribution in [1.29, 1.82) is 5.26 Å². The molecule has 0 atom stereocenters. The molecule has 0 spiro atoms. The van der Waals surface area contributed by atoms with Gasteiger partial charge in [-0.15, -0.1) is 0 Å². The fraction of sp³-hybridized carbons (Fsp3) is 0.192. The Morgan fingerprint density at radius 3 is 2.49 bits per heavy atom. The van der Waals surface area contributed by atoms with Gasteiger partial charge in [0.25, 0.3) is 11.8 Å². The second kappa shape index (κ2) is 9.73. The quantitative estimate of drug-likeness (QED) is 0.423. The van der Waals surface area contributed by atoms with E-state index in [-0.39, 0.29) is 16.8 Å². The van der Waals surface area contributed by atoms with Gasteiger partial charge in [0.2, 0.25) is 0 Å².